The summed E-state index contributed by atoms with van der Waals surface area (Å²) in [4.78, 5) is 0. The number of anilines is 2. The molecule has 3 N–H and O–H groups in total. The number of hydrogen-bond donors (Lipinski definition) is 2. The van der Waals surface area contributed by atoms with Crippen molar-refractivity contribution in [2.24, 2.45) is 11.7 Å². The summed E-state index contributed by atoms with van der Waals surface area (Å²) in [6.45, 7) is 1.93. The molecule has 0 aromatic heterocycles. The van der Waals surface area contributed by atoms with E-state index in [1.165, 1.54) is 12.8 Å². The second-order valence-electron chi connectivity index (χ2n) is 6.19. The summed E-state index contributed by atoms with van der Waals surface area (Å²) in [6.07, 6.45) is 5.81. The Bertz CT molecular complexity index is 445. The highest BCUT2D eigenvalue weighted by molar-refractivity contribution is 7.93. The maximum absolute atomic E-state index is 11.8. The molecule has 1 saturated carbocycles. The summed E-state index contributed by atoms with van der Waals surface area (Å²) in [7, 11) is 0. The zero-order valence-electron chi connectivity index (χ0n) is 12.5. The van der Waals surface area contributed by atoms with Crippen LogP contribution in [0.5, 0.6) is 0 Å². The summed E-state index contributed by atoms with van der Waals surface area (Å²) < 4.78 is 13.8. The van der Waals surface area contributed by atoms with Gasteiger partial charge >= 0.3 is 0 Å². The van der Waals surface area contributed by atoms with Gasteiger partial charge in [0.25, 0.3) is 0 Å². The van der Waals surface area contributed by atoms with Crippen LogP contribution in [0.2, 0.25) is 0 Å². The molecule has 1 aromatic carbocycles. The molecular weight excluding hydrogens is 282 g/mol. The number of hydrogen-bond acceptors (Lipinski definition) is 4. The van der Waals surface area contributed by atoms with Gasteiger partial charge < -0.3 is 15.6 Å². The number of nitrogens with one attached hydrogen (secondary N) is 1. The zero-order valence-corrected chi connectivity index (χ0v) is 13.3. The lowest BCUT2D eigenvalue weighted by atomic mass is 9.86. The average Bonchev–Trinajstić information content (AvgIpc) is 2.93. The highest BCUT2D eigenvalue weighted by Crippen LogP contribution is 2.26. The van der Waals surface area contributed by atoms with Gasteiger partial charge in [0.1, 0.15) is 5.75 Å². The average molecular weight is 307 g/mol. The van der Waals surface area contributed by atoms with Crippen molar-refractivity contribution in [3.63, 3.8) is 0 Å². The largest absolute Gasteiger partial charge is 0.593 e. The van der Waals surface area contributed by atoms with Crippen molar-refractivity contribution in [1.29, 1.82) is 0 Å². The third-order valence-electron chi connectivity index (χ3n) is 4.57. The van der Waals surface area contributed by atoms with Crippen LogP contribution in [0.4, 0.5) is 11.4 Å². The fourth-order valence-corrected chi connectivity index (χ4v) is 4.48. The van der Waals surface area contributed by atoms with Crippen LogP contribution in [-0.2, 0) is 11.4 Å². The van der Waals surface area contributed by atoms with Gasteiger partial charge in [-0.15, -0.1) is 0 Å². The summed E-state index contributed by atoms with van der Waals surface area (Å²) >= 11 is -0.828. The maximum atomic E-state index is 11.8. The van der Waals surface area contributed by atoms with E-state index >= 15 is 0 Å². The molecule has 5 heteroatoms. The minimum absolute atomic E-state index is 0.418. The van der Waals surface area contributed by atoms with Crippen molar-refractivity contribution in [2.75, 3.05) is 28.5 Å². The van der Waals surface area contributed by atoms with Gasteiger partial charge in [0.2, 0.25) is 0 Å². The Kier molecular flexibility index (Phi) is 4.93. The Hall–Kier alpha value is -0.910. The Morgan fingerprint density at radius 2 is 1.90 bits per heavy atom. The molecule has 4 nitrogen and oxygen atoms in total. The summed E-state index contributed by atoms with van der Waals surface area (Å²) in [5, 5.41) is 3.52. The number of benzene rings is 1. The third-order valence-corrected chi connectivity index (χ3v) is 6.09. The first-order valence-electron chi connectivity index (χ1n) is 7.98. The lowest BCUT2D eigenvalue weighted by Gasteiger charge is -2.26. The highest BCUT2D eigenvalue weighted by Gasteiger charge is 2.26. The van der Waals surface area contributed by atoms with Gasteiger partial charge in [-0.1, -0.05) is 0 Å². The molecule has 1 unspecified atom stereocenters. The minimum atomic E-state index is -0.828. The van der Waals surface area contributed by atoms with E-state index in [0.717, 1.165) is 55.4 Å². The van der Waals surface area contributed by atoms with Crippen LogP contribution in [-0.4, -0.2) is 29.4 Å². The molecule has 1 aliphatic heterocycles. The van der Waals surface area contributed by atoms with Gasteiger partial charge in [0.15, 0.2) is 0 Å². The minimum Gasteiger partial charge on any atom is -0.593 e. The van der Waals surface area contributed by atoms with Gasteiger partial charge in [0.05, 0.1) is 23.6 Å². The predicted octanol–water partition coefficient (Wildman–Crippen LogP) is 2.49. The van der Waals surface area contributed by atoms with Crippen molar-refractivity contribution >= 4 is 22.7 Å². The van der Waals surface area contributed by atoms with Crippen LogP contribution in [0.15, 0.2) is 24.3 Å². The van der Waals surface area contributed by atoms with E-state index in [-0.39, 0.29) is 0 Å². The molecule has 1 saturated heterocycles. The summed E-state index contributed by atoms with van der Waals surface area (Å²) in [6, 6.07) is 8.76. The van der Waals surface area contributed by atoms with E-state index < -0.39 is 11.4 Å². The molecule has 0 bridgehead atoms. The molecule has 1 heterocycles. The molecule has 116 valence electrons. The molecule has 0 amide bonds. The fourth-order valence-electron chi connectivity index (χ4n) is 3.19. The molecule has 2 fully saturated rings. The van der Waals surface area contributed by atoms with Crippen LogP contribution in [0.1, 0.15) is 32.1 Å². The van der Waals surface area contributed by atoms with Crippen LogP contribution in [0, 0.1) is 5.92 Å². The normalized spacial score (nSPS) is 29.6. The summed E-state index contributed by atoms with van der Waals surface area (Å²) in [5.41, 5.74) is 8.16. The molecule has 2 aliphatic rings. The van der Waals surface area contributed by atoms with E-state index in [4.69, 9.17) is 5.73 Å². The SMILES string of the molecule is NC1CCC(CNc2ccc(N3CCC[S+]3[O-])cc2)CC1. The Morgan fingerprint density at radius 1 is 1.19 bits per heavy atom. The van der Waals surface area contributed by atoms with Gasteiger partial charge in [-0.2, -0.15) is 4.31 Å². The van der Waals surface area contributed by atoms with Gasteiger partial charge in [0, 0.05) is 24.7 Å². The fraction of sp³-hybridized carbons (Fsp3) is 0.625. The molecule has 3 rings (SSSR count). The first-order chi connectivity index (χ1) is 10.2. The van der Waals surface area contributed by atoms with Crippen LogP contribution in [0.3, 0.4) is 0 Å². The molecule has 1 aromatic rings. The first-order valence-corrected chi connectivity index (χ1v) is 9.25. The van der Waals surface area contributed by atoms with Crippen molar-refractivity contribution < 1.29 is 4.55 Å². The van der Waals surface area contributed by atoms with Crippen molar-refractivity contribution in [3.8, 4) is 0 Å². The smallest absolute Gasteiger partial charge is 0.133 e. The van der Waals surface area contributed by atoms with Gasteiger partial charge in [-0.05, 0) is 55.9 Å². The van der Waals surface area contributed by atoms with E-state index in [2.05, 4.69) is 29.6 Å². The van der Waals surface area contributed by atoms with Crippen LogP contribution >= 0.6 is 0 Å². The first kappa shape index (κ1) is 15.0. The van der Waals surface area contributed by atoms with Crippen LogP contribution < -0.4 is 15.4 Å². The molecule has 21 heavy (non-hydrogen) atoms. The standard InChI is InChI=1S/C16H25N3OS/c17-14-4-2-13(3-5-14)12-18-15-6-8-16(9-7-15)19-10-1-11-21(19)20/h6-9,13-14,18H,1-5,10-12,17H2. The highest BCUT2D eigenvalue weighted by atomic mass is 32.2. The Balaban J connectivity index is 1.50. The Labute approximate surface area is 130 Å². The molecule has 0 radical (unpaired) electrons. The lowest BCUT2D eigenvalue weighted by molar-refractivity contribution is 0.339. The molecule has 1 aliphatic carbocycles. The van der Waals surface area contributed by atoms with Crippen LogP contribution in [0.25, 0.3) is 0 Å². The van der Waals surface area contributed by atoms with Crippen molar-refractivity contribution in [3.05, 3.63) is 24.3 Å². The summed E-state index contributed by atoms with van der Waals surface area (Å²) in [5.74, 6) is 1.54. The second kappa shape index (κ2) is 6.90. The quantitative estimate of drug-likeness (QED) is 0.839. The predicted molar refractivity (Wildman–Crippen MR) is 89.8 cm³/mol. The van der Waals surface area contributed by atoms with Gasteiger partial charge in [-0.25, -0.2) is 0 Å². The molecule has 0 spiro atoms. The third kappa shape index (κ3) is 3.84. The topological polar surface area (TPSA) is 64.3 Å². The Morgan fingerprint density at radius 3 is 2.52 bits per heavy atom. The molecular formula is C16H25N3OS. The zero-order chi connectivity index (χ0) is 14.7. The molecule has 1 atom stereocenters. The van der Waals surface area contributed by atoms with E-state index in [1.54, 1.807) is 0 Å². The van der Waals surface area contributed by atoms with E-state index in [9.17, 15) is 4.55 Å². The number of nitrogens with zero attached hydrogens (tertiary/aromatic N) is 1. The number of rotatable bonds is 4. The van der Waals surface area contributed by atoms with Crippen molar-refractivity contribution in [1.82, 2.24) is 0 Å². The monoisotopic (exact) mass is 307 g/mol. The number of nitrogens with two attached hydrogens (primary N) is 1. The maximum Gasteiger partial charge on any atom is 0.133 e. The van der Waals surface area contributed by atoms with Crippen molar-refractivity contribution in [2.45, 2.75) is 38.1 Å². The van der Waals surface area contributed by atoms with E-state index in [1.807, 2.05) is 4.31 Å². The lowest BCUT2D eigenvalue weighted by Crippen LogP contribution is -2.29. The van der Waals surface area contributed by atoms with E-state index in [0.29, 0.717) is 6.04 Å². The van der Waals surface area contributed by atoms with Gasteiger partial charge in [-0.3, -0.25) is 0 Å². The second-order valence-corrected chi connectivity index (χ2v) is 7.68.